The molecule has 0 aliphatic heterocycles. The standard InChI is InChI=1S/C17H26N2O4/c1-11-6-7-13(18)14(8-11)22-15(20)9-12(2)10-19-16(21)23-17(3,4)5/h6-8,12H,9-10,18H2,1-5H3,(H,19,21). The summed E-state index contributed by atoms with van der Waals surface area (Å²) in [4.78, 5) is 23.5. The van der Waals surface area contributed by atoms with Crippen molar-refractivity contribution < 1.29 is 19.1 Å². The van der Waals surface area contributed by atoms with E-state index in [0.717, 1.165) is 5.56 Å². The predicted molar refractivity (Wildman–Crippen MR) is 89.2 cm³/mol. The predicted octanol–water partition coefficient (Wildman–Crippen LogP) is 3.03. The lowest BCUT2D eigenvalue weighted by atomic mass is 10.1. The Morgan fingerprint density at radius 3 is 2.57 bits per heavy atom. The SMILES string of the molecule is Cc1ccc(N)c(OC(=O)CC(C)CNC(=O)OC(C)(C)C)c1. The van der Waals surface area contributed by atoms with E-state index < -0.39 is 11.7 Å². The highest BCUT2D eigenvalue weighted by molar-refractivity contribution is 5.75. The zero-order valence-corrected chi connectivity index (χ0v) is 14.4. The Hall–Kier alpha value is -2.24. The van der Waals surface area contributed by atoms with Crippen molar-refractivity contribution >= 4 is 17.7 Å². The summed E-state index contributed by atoms with van der Waals surface area (Å²) in [6.45, 7) is 9.44. The van der Waals surface area contributed by atoms with Crippen molar-refractivity contribution in [2.24, 2.45) is 5.92 Å². The molecule has 0 aliphatic rings. The second kappa shape index (κ2) is 7.85. The Labute approximate surface area is 137 Å². The van der Waals surface area contributed by atoms with E-state index in [2.05, 4.69) is 5.32 Å². The third-order valence-corrected chi connectivity index (χ3v) is 2.90. The van der Waals surface area contributed by atoms with Crippen LogP contribution in [0.15, 0.2) is 18.2 Å². The minimum Gasteiger partial charge on any atom is -0.444 e. The third-order valence-electron chi connectivity index (χ3n) is 2.90. The fraction of sp³-hybridized carbons (Fsp3) is 0.529. The fourth-order valence-electron chi connectivity index (χ4n) is 1.82. The van der Waals surface area contributed by atoms with E-state index in [9.17, 15) is 9.59 Å². The number of esters is 1. The molecule has 6 heteroatoms. The Bertz CT molecular complexity index is 564. The molecular formula is C17H26N2O4. The second-order valence-corrected chi connectivity index (χ2v) is 6.71. The summed E-state index contributed by atoms with van der Waals surface area (Å²) in [5.74, 6) is -0.107. The number of nitrogens with two attached hydrogens (primary N) is 1. The monoisotopic (exact) mass is 322 g/mol. The molecule has 0 radical (unpaired) electrons. The molecule has 0 saturated heterocycles. The summed E-state index contributed by atoms with van der Waals surface area (Å²) < 4.78 is 10.4. The number of carbonyl (C=O) groups excluding carboxylic acids is 2. The minimum atomic E-state index is -0.547. The molecule has 3 N–H and O–H groups in total. The number of hydrogen-bond acceptors (Lipinski definition) is 5. The van der Waals surface area contributed by atoms with Crippen LogP contribution in [0.2, 0.25) is 0 Å². The van der Waals surface area contributed by atoms with Gasteiger partial charge in [-0.1, -0.05) is 13.0 Å². The van der Waals surface area contributed by atoms with Crippen molar-refractivity contribution in [3.05, 3.63) is 23.8 Å². The largest absolute Gasteiger partial charge is 0.444 e. The molecule has 0 bridgehead atoms. The molecule has 1 amide bonds. The molecule has 1 aromatic carbocycles. The molecule has 0 aromatic heterocycles. The Kier molecular flexibility index (Phi) is 6.42. The van der Waals surface area contributed by atoms with Gasteiger partial charge in [-0.05, 0) is 51.3 Å². The van der Waals surface area contributed by atoms with Crippen LogP contribution in [0.4, 0.5) is 10.5 Å². The first-order valence-corrected chi connectivity index (χ1v) is 7.60. The number of alkyl carbamates (subject to hydrolysis) is 1. The van der Waals surface area contributed by atoms with Crippen LogP contribution >= 0.6 is 0 Å². The van der Waals surface area contributed by atoms with Gasteiger partial charge in [-0.15, -0.1) is 0 Å². The number of nitrogens with one attached hydrogen (secondary N) is 1. The van der Waals surface area contributed by atoms with Gasteiger partial charge in [-0.3, -0.25) is 4.79 Å². The van der Waals surface area contributed by atoms with Gasteiger partial charge in [0.2, 0.25) is 0 Å². The Morgan fingerprint density at radius 1 is 1.30 bits per heavy atom. The number of rotatable bonds is 5. The summed E-state index contributed by atoms with van der Waals surface area (Å²) in [5.41, 5.74) is 6.61. The fourth-order valence-corrected chi connectivity index (χ4v) is 1.82. The molecule has 128 valence electrons. The van der Waals surface area contributed by atoms with Crippen LogP contribution in [-0.4, -0.2) is 24.2 Å². The molecule has 23 heavy (non-hydrogen) atoms. The van der Waals surface area contributed by atoms with E-state index in [-0.39, 0.29) is 18.3 Å². The Morgan fingerprint density at radius 2 is 1.96 bits per heavy atom. The van der Waals surface area contributed by atoms with Crippen LogP contribution in [0.5, 0.6) is 5.75 Å². The van der Waals surface area contributed by atoms with Crippen LogP contribution in [0.1, 0.15) is 39.7 Å². The van der Waals surface area contributed by atoms with Gasteiger partial charge in [0.05, 0.1) is 12.1 Å². The molecule has 0 saturated carbocycles. The van der Waals surface area contributed by atoms with Gasteiger partial charge in [0.15, 0.2) is 5.75 Å². The maximum Gasteiger partial charge on any atom is 0.407 e. The number of aryl methyl sites for hydroxylation is 1. The molecule has 0 aliphatic carbocycles. The summed E-state index contributed by atoms with van der Waals surface area (Å²) in [5, 5.41) is 2.64. The first-order valence-electron chi connectivity index (χ1n) is 7.60. The van der Waals surface area contributed by atoms with Gasteiger partial charge in [0, 0.05) is 6.54 Å². The molecule has 1 unspecified atom stereocenters. The average Bonchev–Trinajstić information content (AvgIpc) is 2.38. The lowest BCUT2D eigenvalue weighted by molar-refractivity contribution is -0.135. The van der Waals surface area contributed by atoms with E-state index in [1.165, 1.54) is 0 Å². The number of anilines is 1. The lowest BCUT2D eigenvalue weighted by Crippen LogP contribution is -2.35. The number of ether oxygens (including phenoxy) is 2. The van der Waals surface area contributed by atoms with Gasteiger partial charge in [0.25, 0.3) is 0 Å². The number of hydrogen-bond donors (Lipinski definition) is 2. The summed E-state index contributed by atoms with van der Waals surface area (Å²) in [6, 6.07) is 5.27. The molecule has 0 fully saturated rings. The van der Waals surface area contributed by atoms with Crippen molar-refractivity contribution in [3.8, 4) is 5.75 Å². The highest BCUT2D eigenvalue weighted by Crippen LogP contribution is 2.23. The molecule has 0 heterocycles. The quantitative estimate of drug-likeness (QED) is 0.494. The smallest absolute Gasteiger partial charge is 0.407 e. The van der Waals surface area contributed by atoms with Gasteiger partial charge < -0.3 is 20.5 Å². The first kappa shape index (κ1) is 18.8. The highest BCUT2D eigenvalue weighted by atomic mass is 16.6. The number of amides is 1. The van der Waals surface area contributed by atoms with Crippen LogP contribution in [-0.2, 0) is 9.53 Å². The van der Waals surface area contributed by atoms with Gasteiger partial charge in [-0.25, -0.2) is 4.79 Å². The molecular weight excluding hydrogens is 296 g/mol. The first-order chi connectivity index (χ1) is 10.6. The summed E-state index contributed by atoms with van der Waals surface area (Å²) >= 11 is 0. The minimum absolute atomic E-state index is 0.0824. The topological polar surface area (TPSA) is 90.6 Å². The Balaban J connectivity index is 2.42. The number of benzene rings is 1. The van der Waals surface area contributed by atoms with E-state index >= 15 is 0 Å². The van der Waals surface area contributed by atoms with E-state index in [4.69, 9.17) is 15.2 Å². The van der Waals surface area contributed by atoms with E-state index in [0.29, 0.717) is 18.0 Å². The van der Waals surface area contributed by atoms with Crippen molar-refractivity contribution in [2.75, 3.05) is 12.3 Å². The maximum absolute atomic E-state index is 11.9. The van der Waals surface area contributed by atoms with Crippen LogP contribution in [0.25, 0.3) is 0 Å². The van der Waals surface area contributed by atoms with Crippen molar-refractivity contribution in [2.45, 2.75) is 46.6 Å². The number of nitrogen functional groups attached to an aromatic ring is 1. The van der Waals surface area contributed by atoms with E-state index in [1.807, 2.05) is 19.9 Å². The van der Waals surface area contributed by atoms with Crippen LogP contribution in [0.3, 0.4) is 0 Å². The lowest BCUT2D eigenvalue weighted by Gasteiger charge is -2.20. The van der Waals surface area contributed by atoms with Gasteiger partial charge >= 0.3 is 12.1 Å². The van der Waals surface area contributed by atoms with Crippen molar-refractivity contribution in [3.63, 3.8) is 0 Å². The van der Waals surface area contributed by atoms with Crippen molar-refractivity contribution in [1.29, 1.82) is 0 Å². The summed E-state index contributed by atoms with van der Waals surface area (Å²) in [6.07, 6.45) is -0.330. The number of carbonyl (C=O) groups is 2. The molecule has 1 atom stereocenters. The van der Waals surface area contributed by atoms with Gasteiger partial charge in [-0.2, -0.15) is 0 Å². The van der Waals surface area contributed by atoms with Crippen molar-refractivity contribution in [1.82, 2.24) is 5.32 Å². The highest BCUT2D eigenvalue weighted by Gasteiger charge is 2.18. The normalized spacial score (nSPS) is 12.4. The summed E-state index contributed by atoms with van der Waals surface area (Å²) in [7, 11) is 0. The van der Waals surface area contributed by atoms with E-state index in [1.54, 1.807) is 32.9 Å². The van der Waals surface area contributed by atoms with Gasteiger partial charge in [0.1, 0.15) is 5.60 Å². The average molecular weight is 322 g/mol. The zero-order chi connectivity index (χ0) is 17.6. The van der Waals surface area contributed by atoms with Crippen LogP contribution in [0, 0.1) is 12.8 Å². The zero-order valence-electron chi connectivity index (χ0n) is 14.4. The molecule has 1 aromatic rings. The van der Waals surface area contributed by atoms with Crippen LogP contribution < -0.4 is 15.8 Å². The second-order valence-electron chi connectivity index (χ2n) is 6.71. The molecule has 6 nitrogen and oxygen atoms in total. The maximum atomic E-state index is 11.9. The molecule has 1 rings (SSSR count). The third kappa shape index (κ3) is 7.54. The molecule has 0 spiro atoms.